The third-order valence-electron chi connectivity index (χ3n) is 2.65. The number of halogens is 2. The average Bonchev–Trinajstić information content (AvgIpc) is 2.44. The highest BCUT2D eigenvalue weighted by Crippen LogP contribution is 2.31. The van der Waals surface area contributed by atoms with Crippen molar-refractivity contribution in [3.8, 4) is 5.75 Å². The molecule has 2 aromatic rings. The molecule has 0 aromatic heterocycles. The van der Waals surface area contributed by atoms with Gasteiger partial charge in [-0.25, -0.2) is 4.39 Å². The summed E-state index contributed by atoms with van der Waals surface area (Å²) in [7, 11) is 1.28. The Labute approximate surface area is 125 Å². The lowest BCUT2D eigenvalue weighted by molar-refractivity contribution is -0.178. The molecule has 0 aliphatic rings. The summed E-state index contributed by atoms with van der Waals surface area (Å²) >= 11 is 5.78. The van der Waals surface area contributed by atoms with E-state index in [1.54, 1.807) is 18.2 Å². The number of hydrogen-bond acceptors (Lipinski definition) is 4. The van der Waals surface area contributed by atoms with E-state index in [2.05, 4.69) is 10.2 Å². The van der Waals surface area contributed by atoms with E-state index in [-0.39, 0.29) is 27.7 Å². The third-order valence-corrected chi connectivity index (χ3v) is 2.94. The van der Waals surface area contributed by atoms with Crippen LogP contribution in [0.2, 0.25) is 5.02 Å². The number of amides is 1. The van der Waals surface area contributed by atoms with Crippen LogP contribution in [0.3, 0.4) is 0 Å². The highest BCUT2D eigenvalue weighted by molar-refractivity contribution is 6.32. The van der Waals surface area contributed by atoms with Crippen LogP contribution in [-0.2, 0) is 4.89 Å². The van der Waals surface area contributed by atoms with Crippen molar-refractivity contribution in [2.75, 3.05) is 18.2 Å². The second kappa shape index (κ2) is 6.43. The zero-order valence-corrected chi connectivity index (χ0v) is 11.8. The van der Waals surface area contributed by atoms with E-state index in [1.165, 1.54) is 19.2 Å². The third kappa shape index (κ3) is 3.42. The van der Waals surface area contributed by atoms with Crippen LogP contribution >= 0.6 is 11.6 Å². The van der Waals surface area contributed by atoms with Crippen molar-refractivity contribution in [2.45, 2.75) is 0 Å². The van der Waals surface area contributed by atoms with Gasteiger partial charge in [-0.3, -0.25) is 4.79 Å². The van der Waals surface area contributed by atoms with Crippen LogP contribution in [0.4, 0.5) is 15.8 Å². The lowest BCUT2D eigenvalue weighted by atomic mass is 10.1. The first-order valence-corrected chi connectivity index (χ1v) is 6.26. The van der Waals surface area contributed by atoms with E-state index in [0.717, 1.165) is 6.07 Å². The van der Waals surface area contributed by atoms with Crippen LogP contribution in [0.25, 0.3) is 0 Å². The van der Waals surface area contributed by atoms with Gasteiger partial charge in [0.05, 0.1) is 23.4 Å². The van der Waals surface area contributed by atoms with Crippen molar-refractivity contribution < 1.29 is 19.0 Å². The quantitative estimate of drug-likeness (QED) is 0.516. The Hall–Kier alpha value is -2.31. The summed E-state index contributed by atoms with van der Waals surface area (Å²) in [6.07, 6.45) is 0. The maximum absolute atomic E-state index is 13.8. The van der Waals surface area contributed by atoms with Gasteiger partial charge in [-0.1, -0.05) is 23.7 Å². The van der Waals surface area contributed by atoms with Gasteiger partial charge in [0, 0.05) is 11.8 Å². The predicted molar refractivity (Wildman–Crippen MR) is 77.9 cm³/mol. The summed E-state index contributed by atoms with van der Waals surface area (Å²) in [5.74, 6) is -1.17. The molecule has 7 heteroatoms. The Bertz CT molecular complexity index is 679. The van der Waals surface area contributed by atoms with Gasteiger partial charge in [-0.05, 0) is 18.2 Å². The van der Waals surface area contributed by atoms with Crippen LogP contribution in [0.1, 0.15) is 10.4 Å². The molecule has 0 unspecified atom stereocenters. The monoisotopic (exact) mass is 310 g/mol. The Morgan fingerprint density at radius 1 is 1.33 bits per heavy atom. The van der Waals surface area contributed by atoms with E-state index in [0.29, 0.717) is 0 Å². The molecule has 110 valence electrons. The zero-order chi connectivity index (χ0) is 15.4. The van der Waals surface area contributed by atoms with Gasteiger partial charge in [-0.15, -0.1) is 0 Å². The number of nitrogens with one attached hydrogen (secondary N) is 1. The van der Waals surface area contributed by atoms with Gasteiger partial charge in [-0.2, -0.15) is 4.89 Å². The molecule has 2 aromatic carbocycles. The number of benzene rings is 2. The predicted octanol–water partition coefficient (Wildman–Crippen LogP) is 3.25. The molecule has 3 N–H and O–H groups in total. The molecule has 2 rings (SSSR count). The number of nitrogens with two attached hydrogens (primary N) is 1. The number of anilines is 2. The maximum atomic E-state index is 13.8. The molecule has 0 saturated carbocycles. The molecule has 0 heterocycles. The summed E-state index contributed by atoms with van der Waals surface area (Å²) in [4.78, 5) is 21.3. The van der Waals surface area contributed by atoms with E-state index in [9.17, 15) is 9.18 Å². The molecule has 21 heavy (non-hydrogen) atoms. The van der Waals surface area contributed by atoms with Crippen LogP contribution < -0.4 is 15.9 Å². The maximum Gasteiger partial charge on any atom is 0.257 e. The molecule has 1 amide bonds. The number of rotatable bonds is 4. The molecule has 0 radical (unpaired) electrons. The van der Waals surface area contributed by atoms with Crippen molar-refractivity contribution in [1.82, 2.24) is 0 Å². The second-order valence-corrected chi connectivity index (χ2v) is 4.46. The van der Waals surface area contributed by atoms with Gasteiger partial charge < -0.3 is 15.9 Å². The topological polar surface area (TPSA) is 73.6 Å². The Morgan fingerprint density at radius 3 is 2.71 bits per heavy atom. The SMILES string of the molecule is COOc1cc(NC(=O)c2ccccc2N)c(F)cc1Cl. The fraction of sp³-hybridized carbons (Fsp3) is 0.0714. The highest BCUT2D eigenvalue weighted by Gasteiger charge is 2.15. The van der Waals surface area contributed by atoms with Gasteiger partial charge in [0.1, 0.15) is 5.82 Å². The number of carbonyl (C=O) groups is 1. The zero-order valence-electron chi connectivity index (χ0n) is 11.0. The van der Waals surface area contributed by atoms with Crippen LogP contribution in [0.5, 0.6) is 5.75 Å². The highest BCUT2D eigenvalue weighted by atomic mass is 35.5. The Morgan fingerprint density at radius 2 is 2.05 bits per heavy atom. The first kappa shape index (κ1) is 15.1. The minimum Gasteiger partial charge on any atom is -0.398 e. The second-order valence-electron chi connectivity index (χ2n) is 4.05. The molecular formula is C14H12ClFN2O3. The van der Waals surface area contributed by atoms with Gasteiger partial charge >= 0.3 is 0 Å². The first-order valence-electron chi connectivity index (χ1n) is 5.88. The number of nitrogen functional groups attached to an aromatic ring is 1. The molecule has 0 bridgehead atoms. The molecule has 0 aliphatic heterocycles. The summed E-state index contributed by atoms with van der Waals surface area (Å²) in [6.45, 7) is 0. The molecule has 0 fully saturated rings. The van der Waals surface area contributed by atoms with Gasteiger partial charge in [0.2, 0.25) is 0 Å². The van der Waals surface area contributed by atoms with Crippen LogP contribution in [-0.4, -0.2) is 13.0 Å². The first-order chi connectivity index (χ1) is 10.0. The molecular weight excluding hydrogens is 299 g/mol. The lowest BCUT2D eigenvalue weighted by Crippen LogP contribution is -2.15. The van der Waals surface area contributed by atoms with Crippen molar-refractivity contribution in [3.63, 3.8) is 0 Å². The minimum atomic E-state index is -0.702. The minimum absolute atomic E-state index is 0.0200. The molecule has 0 saturated heterocycles. The molecule has 0 aliphatic carbocycles. The lowest BCUT2D eigenvalue weighted by Gasteiger charge is -2.10. The molecule has 5 nitrogen and oxygen atoms in total. The Kier molecular flexibility index (Phi) is 4.62. The Balaban J connectivity index is 2.29. The number of hydrogen-bond donors (Lipinski definition) is 2. The normalized spacial score (nSPS) is 10.2. The number of para-hydroxylation sites is 1. The van der Waals surface area contributed by atoms with Crippen molar-refractivity contribution in [2.24, 2.45) is 0 Å². The largest absolute Gasteiger partial charge is 0.398 e. The average molecular weight is 311 g/mol. The smallest absolute Gasteiger partial charge is 0.257 e. The van der Waals surface area contributed by atoms with Crippen LogP contribution in [0.15, 0.2) is 36.4 Å². The fourth-order valence-electron chi connectivity index (χ4n) is 1.67. The molecule has 0 spiro atoms. The van der Waals surface area contributed by atoms with Gasteiger partial charge in [0.25, 0.3) is 5.91 Å². The fourth-order valence-corrected chi connectivity index (χ4v) is 1.85. The van der Waals surface area contributed by atoms with E-state index in [4.69, 9.17) is 22.2 Å². The van der Waals surface area contributed by atoms with Crippen molar-refractivity contribution >= 4 is 28.9 Å². The standard InChI is InChI=1S/C14H12ClFN2O3/c1-20-21-13-7-12(10(16)6-9(13)15)18-14(19)8-4-2-3-5-11(8)17/h2-7H,17H2,1H3,(H,18,19). The van der Waals surface area contributed by atoms with Gasteiger partial charge in [0.15, 0.2) is 5.75 Å². The summed E-state index contributed by atoms with van der Waals surface area (Å²) in [5, 5.41) is 2.43. The number of carbonyl (C=O) groups excluding carboxylic acids is 1. The summed E-state index contributed by atoms with van der Waals surface area (Å²) < 4.78 is 13.8. The van der Waals surface area contributed by atoms with E-state index < -0.39 is 11.7 Å². The summed E-state index contributed by atoms with van der Waals surface area (Å²) in [5.41, 5.74) is 6.12. The molecule has 0 atom stereocenters. The van der Waals surface area contributed by atoms with E-state index in [1.807, 2.05) is 0 Å². The van der Waals surface area contributed by atoms with Crippen LogP contribution in [0, 0.1) is 5.82 Å². The van der Waals surface area contributed by atoms with Crippen molar-refractivity contribution in [3.05, 3.63) is 52.8 Å². The van der Waals surface area contributed by atoms with Crippen molar-refractivity contribution in [1.29, 1.82) is 0 Å². The summed E-state index contributed by atoms with van der Waals surface area (Å²) in [6, 6.07) is 8.69. The van der Waals surface area contributed by atoms with E-state index >= 15 is 0 Å².